The maximum atomic E-state index is 4.49. The molecular formula is C17H28N2. The van der Waals surface area contributed by atoms with Gasteiger partial charge in [0.2, 0.25) is 0 Å². The Labute approximate surface area is 118 Å². The van der Waals surface area contributed by atoms with Gasteiger partial charge >= 0.3 is 0 Å². The highest BCUT2D eigenvalue weighted by Crippen LogP contribution is 2.38. The lowest BCUT2D eigenvalue weighted by Gasteiger charge is -2.41. The molecule has 0 aromatic carbocycles. The second kappa shape index (κ2) is 6.04. The van der Waals surface area contributed by atoms with Gasteiger partial charge in [0, 0.05) is 18.8 Å². The van der Waals surface area contributed by atoms with Crippen molar-refractivity contribution >= 4 is 0 Å². The number of nitrogens with one attached hydrogen (secondary N) is 1. The van der Waals surface area contributed by atoms with Crippen LogP contribution in [0.15, 0.2) is 18.3 Å². The highest BCUT2D eigenvalue weighted by molar-refractivity contribution is 5.12. The van der Waals surface area contributed by atoms with Crippen LogP contribution in [-0.4, -0.2) is 11.0 Å². The van der Waals surface area contributed by atoms with Crippen LogP contribution < -0.4 is 5.32 Å². The van der Waals surface area contributed by atoms with E-state index in [2.05, 4.69) is 50.1 Å². The predicted molar refractivity (Wildman–Crippen MR) is 81.0 cm³/mol. The first-order valence-corrected chi connectivity index (χ1v) is 7.62. The summed E-state index contributed by atoms with van der Waals surface area (Å²) in [5.74, 6) is 0.784. The second-order valence-electron chi connectivity index (χ2n) is 7.07. The molecule has 1 aliphatic carbocycles. The van der Waals surface area contributed by atoms with Gasteiger partial charge in [-0.1, -0.05) is 39.7 Å². The van der Waals surface area contributed by atoms with Crippen molar-refractivity contribution in [2.24, 2.45) is 11.3 Å². The van der Waals surface area contributed by atoms with Gasteiger partial charge in [-0.25, -0.2) is 0 Å². The molecule has 19 heavy (non-hydrogen) atoms. The molecule has 0 radical (unpaired) electrons. The van der Waals surface area contributed by atoms with E-state index in [1.807, 2.05) is 6.20 Å². The van der Waals surface area contributed by atoms with Crippen LogP contribution in [-0.2, 0) is 6.54 Å². The Morgan fingerprint density at radius 1 is 1.21 bits per heavy atom. The number of nitrogens with zero attached hydrogens (tertiary/aromatic N) is 1. The van der Waals surface area contributed by atoms with Gasteiger partial charge in [0.25, 0.3) is 0 Å². The average Bonchev–Trinajstić information content (AvgIpc) is 2.37. The lowest BCUT2D eigenvalue weighted by atomic mass is 9.69. The molecule has 2 rings (SSSR count). The average molecular weight is 260 g/mol. The lowest BCUT2D eigenvalue weighted by molar-refractivity contribution is 0.130. The number of aromatic nitrogens is 1. The van der Waals surface area contributed by atoms with Crippen LogP contribution in [0.3, 0.4) is 0 Å². The SMILES string of the molecule is Cc1ccc(CNC2CCCCC2C(C)(C)C)nc1. The number of hydrogen-bond acceptors (Lipinski definition) is 2. The van der Waals surface area contributed by atoms with Crippen LogP contribution in [0.2, 0.25) is 0 Å². The monoisotopic (exact) mass is 260 g/mol. The lowest BCUT2D eigenvalue weighted by Crippen LogP contribution is -2.44. The molecule has 2 heteroatoms. The smallest absolute Gasteiger partial charge is 0.0541 e. The summed E-state index contributed by atoms with van der Waals surface area (Å²) in [5, 5.41) is 3.75. The molecule has 0 aliphatic heterocycles. The third-order valence-corrected chi connectivity index (χ3v) is 4.40. The molecule has 1 aliphatic rings. The topological polar surface area (TPSA) is 24.9 Å². The summed E-state index contributed by atoms with van der Waals surface area (Å²) in [5.41, 5.74) is 2.79. The minimum atomic E-state index is 0.402. The molecule has 0 bridgehead atoms. The molecule has 1 saturated carbocycles. The third-order valence-electron chi connectivity index (χ3n) is 4.40. The molecule has 2 atom stereocenters. The Balaban J connectivity index is 1.94. The van der Waals surface area contributed by atoms with Crippen molar-refractivity contribution in [3.05, 3.63) is 29.6 Å². The van der Waals surface area contributed by atoms with Crippen molar-refractivity contribution in [3.8, 4) is 0 Å². The maximum absolute atomic E-state index is 4.49. The first-order valence-electron chi connectivity index (χ1n) is 7.62. The van der Waals surface area contributed by atoms with E-state index < -0.39 is 0 Å². The van der Waals surface area contributed by atoms with Crippen LogP contribution in [0.25, 0.3) is 0 Å². The normalized spacial score (nSPS) is 24.4. The van der Waals surface area contributed by atoms with Gasteiger partial charge in [0.05, 0.1) is 5.69 Å². The van der Waals surface area contributed by atoms with Crippen LogP contribution >= 0.6 is 0 Å². The Hall–Kier alpha value is -0.890. The summed E-state index contributed by atoms with van der Waals surface area (Å²) in [6.07, 6.45) is 7.39. The highest BCUT2D eigenvalue weighted by atomic mass is 14.9. The van der Waals surface area contributed by atoms with Crippen molar-refractivity contribution in [1.29, 1.82) is 0 Å². The Morgan fingerprint density at radius 2 is 1.95 bits per heavy atom. The minimum absolute atomic E-state index is 0.402. The fourth-order valence-electron chi connectivity index (χ4n) is 3.25. The zero-order valence-corrected chi connectivity index (χ0v) is 12.9. The first kappa shape index (κ1) is 14.5. The van der Waals surface area contributed by atoms with E-state index in [-0.39, 0.29) is 0 Å². The molecule has 0 spiro atoms. The highest BCUT2D eigenvalue weighted by Gasteiger charge is 2.33. The summed E-state index contributed by atoms with van der Waals surface area (Å²) in [6, 6.07) is 4.93. The van der Waals surface area contributed by atoms with Gasteiger partial charge in [-0.15, -0.1) is 0 Å². The number of rotatable bonds is 3. The number of hydrogen-bond donors (Lipinski definition) is 1. The van der Waals surface area contributed by atoms with Gasteiger partial charge < -0.3 is 5.32 Å². The van der Waals surface area contributed by atoms with E-state index in [1.54, 1.807) is 0 Å². The number of aryl methyl sites for hydroxylation is 1. The molecule has 1 N–H and O–H groups in total. The third kappa shape index (κ3) is 4.04. The fourth-order valence-corrected chi connectivity index (χ4v) is 3.25. The zero-order valence-electron chi connectivity index (χ0n) is 12.9. The molecule has 1 fully saturated rings. The van der Waals surface area contributed by atoms with Gasteiger partial charge in [0.15, 0.2) is 0 Å². The van der Waals surface area contributed by atoms with Crippen LogP contribution in [0.1, 0.15) is 57.7 Å². The van der Waals surface area contributed by atoms with Crippen LogP contribution in [0.5, 0.6) is 0 Å². The summed E-state index contributed by atoms with van der Waals surface area (Å²) in [7, 11) is 0. The predicted octanol–water partition coefficient (Wildman–Crippen LogP) is 4.08. The molecular weight excluding hydrogens is 232 g/mol. The number of pyridine rings is 1. The Kier molecular flexibility index (Phi) is 4.62. The Bertz CT molecular complexity index is 389. The van der Waals surface area contributed by atoms with E-state index in [0.29, 0.717) is 11.5 Å². The van der Waals surface area contributed by atoms with Gasteiger partial charge in [-0.2, -0.15) is 0 Å². The van der Waals surface area contributed by atoms with E-state index in [0.717, 1.165) is 18.2 Å². The summed E-state index contributed by atoms with van der Waals surface area (Å²) in [6.45, 7) is 10.1. The maximum Gasteiger partial charge on any atom is 0.0541 e. The largest absolute Gasteiger partial charge is 0.308 e. The first-order chi connectivity index (χ1) is 8.97. The Morgan fingerprint density at radius 3 is 2.58 bits per heavy atom. The van der Waals surface area contributed by atoms with Crippen LogP contribution in [0.4, 0.5) is 0 Å². The van der Waals surface area contributed by atoms with Gasteiger partial charge in [0.1, 0.15) is 0 Å². The quantitative estimate of drug-likeness (QED) is 0.885. The molecule has 1 aromatic heterocycles. The molecule has 2 nitrogen and oxygen atoms in total. The van der Waals surface area contributed by atoms with Gasteiger partial charge in [-0.05, 0) is 42.7 Å². The van der Waals surface area contributed by atoms with Crippen LogP contribution in [0, 0.1) is 18.3 Å². The fraction of sp³-hybridized carbons (Fsp3) is 0.706. The van der Waals surface area contributed by atoms with E-state index in [4.69, 9.17) is 0 Å². The molecule has 1 heterocycles. The molecule has 0 saturated heterocycles. The standard InChI is InChI=1S/C17H28N2/c1-13-9-10-14(18-11-13)12-19-16-8-6-5-7-15(16)17(2,3)4/h9-11,15-16,19H,5-8,12H2,1-4H3. The van der Waals surface area contributed by atoms with E-state index >= 15 is 0 Å². The summed E-state index contributed by atoms with van der Waals surface area (Å²) < 4.78 is 0. The molecule has 2 unspecified atom stereocenters. The minimum Gasteiger partial charge on any atom is -0.308 e. The van der Waals surface area contributed by atoms with E-state index in [9.17, 15) is 0 Å². The zero-order chi connectivity index (χ0) is 13.9. The van der Waals surface area contributed by atoms with Gasteiger partial charge in [-0.3, -0.25) is 4.98 Å². The van der Waals surface area contributed by atoms with Crippen molar-refractivity contribution in [2.45, 2.75) is 66.0 Å². The summed E-state index contributed by atoms with van der Waals surface area (Å²) in [4.78, 5) is 4.49. The van der Waals surface area contributed by atoms with E-state index in [1.165, 1.54) is 31.2 Å². The molecule has 1 aromatic rings. The summed E-state index contributed by atoms with van der Waals surface area (Å²) >= 11 is 0. The second-order valence-corrected chi connectivity index (χ2v) is 7.07. The molecule has 0 amide bonds. The van der Waals surface area contributed by atoms with Crippen molar-refractivity contribution in [2.75, 3.05) is 0 Å². The van der Waals surface area contributed by atoms with Crippen molar-refractivity contribution in [1.82, 2.24) is 10.3 Å². The van der Waals surface area contributed by atoms with Crippen molar-refractivity contribution < 1.29 is 0 Å². The van der Waals surface area contributed by atoms with Crippen molar-refractivity contribution in [3.63, 3.8) is 0 Å². The molecule has 106 valence electrons.